The molecule has 0 aliphatic carbocycles. The molecule has 136 valence electrons. The van der Waals surface area contributed by atoms with Crippen LogP contribution < -0.4 is 22.5 Å². The highest BCUT2D eigenvalue weighted by molar-refractivity contribution is 5.13. The number of hydrogen-bond acceptors (Lipinski definition) is 8. The van der Waals surface area contributed by atoms with Gasteiger partial charge in [-0.2, -0.15) is 0 Å². The van der Waals surface area contributed by atoms with E-state index in [1.807, 2.05) is 9.97 Å². The third kappa shape index (κ3) is 4.39. The highest BCUT2D eigenvalue weighted by Gasteiger charge is 2.44. The summed E-state index contributed by atoms with van der Waals surface area (Å²) in [4.78, 5) is 51.2. The highest BCUT2D eigenvalue weighted by Crippen LogP contribution is 2.31. The van der Waals surface area contributed by atoms with E-state index in [2.05, 4.69) is 9.97 Å². The van der Waals surface area contributed by atoms with Crippen molar-refractivity contribution >= 4 is 0 Å². The Hall–Kier alpha value is -2.80. The Morgan fingerprint density at radius 1 is 1.00 bits per heavy atom. The first-order valence-corrected chi connectivity index (χ1v) is 7.06. The van der Waals surface area contributed by atoms with Crippen molar-refractivity contribution < 1.29 is 20.1 Å². The molecule has 0 bridgehead atoms. The van der Waals surface area contributed by atoms with E-state index in [9.17, 15) is 29.4 Å². The first kappa shape index (κ1) is 18.5. The molecule has 4 atom stereocenters. The van der Waals surface area contributed by atoms with Gasteiger partial charge in [0, 0.05) is 18.5 Å². The summed E-state index contributed by atoms with van der Waals surface area (Å²) in [5.74, 6) is 0. The zero-order valence-electron chi connectivity index (χ0n) is 12.6. The van der Waals surface area contributed by atoms with Gasteiger partial charge in [0.1, 0.15) is 24.4 Å². The summed E-state index contributed by atoms with van der Waals surface area (Å²) in [5, 5.41) is 28.1. The topological polar surface area (TPSA) is 201 Å². The highest BCUT2D eigenvalue weighted by atomic mass is 16.6. The zero-order chi connectivity index (χ0) is 18.6. The molecular formula is C13H16N4O8. The normalized spacial score (nSPS) is 25.2. The van der Waals surface area contributed by atoms with Gasteiger partial charge in [-0.25, -0.2) is 9.59 Å². The van der Waals surface area contributed by atoms with Crippen LogP contribution in [0.15, 0.2) is 37.6 Å². The minimum atomic E-state index is -1.33. The molecule has 2 aromatic heterocycles. The number of hydrogen-bond donors (Lipinski definition) is 7. The molecule has 0 radical (unpaired) electrons. The third-order valence-electron chi connectivity index (χ3n) is 3.38. The molecule has 0 amide bonds. The minimum absolute atomic E-state index is 0.00731. The maximum absolute atomic E-state index is 11.5. The average molecular weight is 356 g/mol. The molecule has 1 aliphatic rings. The van der Waals surface area contributed by atoms with Crippen LogP contribution >= 0.6 is 0 Å². The number of aliphatic hydroxyl groups is 3. The molecule has 7 N–H and O–H groups in total. The molecule has 3 heterocycles. The zero-order valence-corrected chi connectivity index (χ0v) is 12.6. The molecule has 0 saturated carbocycles. The van der Waals surface area contributed by atoms with Gasteiger partial charge >= 0.3 is 11.4 Å². The van der Waals surface area contributed by atoms with Crippen molar-refractivity contribution in [3.63, 3.8) is 0 Å². The summed E-state index contributed by atoms with van der Waals surface area (Å²) in [5.41, 5.74) is -2.24. The van der Waals surface area contributed by atoms with Crippen LogP contribution in [0.3, 0.4) is 0 Å². The first-order chi connectivity index (χ1) is 11.8. The molecule has 0 aromatic carbocycles. The lowest BCUT2D eigenvalue weighted by molar-refractivity contribution is -0.0232. The quantitative estimate of drug-likeness (QED) is 0.284. The molecular weight excluding hydrogens is 340 g/mol. The maximum atomic E-state index is 11.5. The molecule has 25 heavy (non-hydrogen) atoms. The average Bonchev–Trinajstić information content (AvgIpc) is 2.83. The van der Waals surface area contributed by atoms with Crippen LogP contribution in [0.5, 0.6) is 0 Å². The van der Waals surface area contributed by atoms with Gasteiger partial charge in [-0.05, 0) is 0 Å². The standard InChI is InChI=1S/C9H12N2O6.C4H4N2O2/c12-2-4-5(13)6(14)7(17-4)3-1-10-9(16)11-8(3)15;7-3-1-2-5-4(8)6-3/h1,4-7,12-14H,2H2,(H2,10,11,15,16);1-2H,(H2,5,6,7,8)/t4-,5-,6-,7+;/m1./s1. The lowest BCUT2D eigenvalue weighted by Gasteiger charge is -2.13. The first-order valence-electron chi connectivity index (χ1n) is 7.06. The van der Waals surface area contributed by atoms with Gasteiger partial charge in [0.25, 0.3) is 11.1 Å². The molecule has 3 rings (SSSR count). The van der Waals surface area contributed by atoms with Gasteiger partial charge in [-0.3, -0.25) is 19.6 Å². The maximum Gasteiger partial charge on any atom is 0.325 e. The van der Waals surface area contributed by atoms with Crippen molar-refractivity contribution in [3.05, 3.63) is 65.7 Å². The Morgan fingerprint density at radius 2 is 1.68 bits per heavy atom. The predicted molar refractivity (Wildman–Crippen MR) is 82.1 cm³/mol. The molecule has 12 heteroatoms. The predicted octanol–water partition coefficient (Wildman–Crippen LogP) is -3.72. The van der Waals surface area contributed by atoms with Gasteiger partial charge in [-0.15, -0.1) is 0 Å². The van der Waals surface area contributed by atoms with Gasteiger partial charge < -0.3 is 30.0 Å². The number of aromatic amines is 4. The molecule has 0 unspecified atom stereocenters. The van der Waals surface area contributed by atoms with Crippen LogP contribution in [0.4, 0.5) is 0 Å². The van der Waals surface area contributed by atoms with Gasteiger partial charge in [-0.1, -0.05) is 0 Å². The van der Waals surface area contributed by atoms with Crippen molar-refractivity contribution in [1.82, 2.24) is 19.9 Å². The number of ether oxygens (including phenoxy) is 1. The molecule has 0 spiro atoms. The Bertz CT molecular complexity index is 903. The summed E-state index contributed by atoms with van der Waals surface area (Å²) in [6.07, 6.45) is -2.25. The fourth-order valence-corrected chi connectivity index (χ4v) is 2.17. The van der Waals surface area contributed by atoms with Crippen LogP contribution in [0, 0.1) is 0 Å². The Kier molecular flexibility index (Phi) is 5.82. The van der Waals surface area contributed by atoms with Gasteiger partial charge in [0.05, 0.1) is 12.2 Å². The van der Waals surface area contributed by atoms with Crippen molar-refractivity contribution in [2.24, 2.45) is 0 Å². The lowest BCUT2D eigenvalue weighted by atomic mass is 10.0. The van der Waals surface area contributed by atoms with Crippen LogP contribution in [0.2, 0.25) is 0 Å². The van der Waals surface area contributed by atoms with E-state index in [0.717, 1.165) is 6.20 Å². The van der Waals surface area contributed by atoms with Crippen molar-refractivity contribution in [2.45, 2.75) is 24.4 Å². The SMILES string of the molecule is O=c1[nH]cc([C@@H]2O[C@H](CO)[C@@H](O)[C@H]2O)c(=O)[nH]1.O=c1cc[nH]c(=O)[nH]1. The molecule has 1 fully saturated rings. The number of rotatable bonds is 2. The molecule has 1 saturated heterocycles. The molecule has 12 nitrogen and oxygen atoms in total. The van der Waals surface area contributed by atoms with E-state index in [4.69, 9.17) is 9.84 Å². The lowest BCUT2D eigenvalue weighted by Crippen LogP contribution is -2.34. The minimum Gasteiger partial charge on any atom is -0.394 e. The second-order valence-corrected chi connectivity index (χ2v) is 5.08. The van der Waals surface area contributed by atoms with E-state index < -0.39 is 48.0 Å². The van der Waals surface area contributed by atoms with Gasteiger partial charge in [0.2, 0.25) is 0 Å². The van der Waals surface area contributed by atoms with E-state index in [-0.39, 0.29) is 11.1 Å². The fourth-order valence-electron chi connectivity index (χ4n) is 2.17. The fraction of sp³-hybridized carbons (Fsp3) is 0.385. The van der Waals surface area contributed by atoms with Crippen molar-refractivity contribution in [2.75, 3.05) is 6.61 Å². The van der Waals surface area contributed by atoms with Gasteiger partial charge in [0.15, 0.2) is 0 Å². The Balaban J connectivity index is 0.000000236. The summed E-state index contributed by atoms with van der Waals surface area (Å²) < 4.78 is 5.15. The smallest absolute Gasteiger partial charge is 0.325 e. The number of aromatic nitrogens is 4. The monoisotopic (exact) mass is 356 g/mol. The van der Waals surface area contributed by atoms with Crippen LogP contribution in [-0.4, -0.2) is 60.2 Å². The second-order valence-electron chi connectivity index (χ2n) is 5.08. The number of nitrogens with one attached hydrogen (secondary N) is 4. The van der Waals surface area contributed by atoms with Crippen molar-refractivity contribution in [3.8, 4) is 0 Å². The summed E-state index contributed by atoms with van der Waals surface area (Å²) in [6, 6.07) is 1.24. The Morgan fingerprint density at radius 3 is 2.16 bits per heavy atom. The van der Waals surface area contributed by atoms with E-state index in [1.54, 1.807) is 0 Å². The largest absolute Gasteiger partial charge is 0.394 e. The number of aliphatic hydroxyl groups excluding tert-OH is 3. The second kappa shape index (κ2) is 7.85. The van der Waals surface area contributed by atoms with Crippen LogP contribution in [0.1, 0.15) is 11.7 Å². The van der Waals surface area contributed by atoms with Crippen molar-refractivity contribution in [1.29, 1.82) is 0 Å². The van der Waals surface area contributed by atoms with E-state index >= 15 is 0 Å². The van der Waals surface area contributed by atoms with Crippen LogP contribution in [-0.2, 0) is 4.74 Å². The van der Waals surface area contributed by atoms with Crippen LogP contribution in [0.25, 0.3) is 0 Å². The van der Waals surface area contributed by atoms with E-state index in [0.29, 0.717) is 0 Å². The number of H-pyrrole nitrogens is 4. The Labute approximate surface area is 137 Å². The molecule has 2 aromatic rings. The summed E-state index contributed by atoms with van der Waals surface area (Å²) >= 11 is 0. The summed E-state index contributed by atoms with van der Waals surface area (Å²) in [6.45, 7) is -0.476. The summed E-state index contributed by atoms with van der Waals surface area (Å²) in [7, 11) is 0. The molecule has 1 aliphatic heterocycles. The third-order valence-corrected chi connectivity index (χ3v) is 3.38. The van der Waals surface area contributed by atoms with E-state index in [1.165, 1.54) is 12.3 Å².